The van der Waals surface area contributed by atoms with Gasteiger partial charge in [0.1, 0.15) is 0 Å². The van der Waals surface area contributed by atoms with Gasteiger partial charge in [-0.2, -0.15) is 0 Å². The number of rotatable bonds is 4. The predicted molar refractivity (Wildman–Crippen MR) is 65.9 cm³/mol. The highest BCUT2D eigenvalue weighted by molar-refractivity contribution is 5.86. The molecule has 3 N–H and O–H groups in total. The van der Waals surface area contributed by atoms with Crippen molar-refractivity contribution in [2.75, 3.05) is 32.8 Å². The fraction of sp³-hybridized carbons (Fsp3) is 0.800. The van der Waals surface area contributed by atoms with E-state index >= 15 is 0 Å². The summed E-state index contributed by atoms with van der Waals surface area (Å²) in [5.74, 6) is -0.383. The average Bonchev–Trinajstić information content (AvgIpc) is 2.35. The van der Waals surface area contributed by atoms with Crippen molar-refractivity contribution in [2.45, 2.75) is 19.4 Å². The number of amides is 2. The Morgan fingerprint density at radius 3 is 2.82 bits per heavy atom. The number of nitrogens with zero attached hydrogens (tertiary/aromatic N) is 1. The summed E-state index contributed by atoms with van der Waals surface area (Å²) in [5, 5.41) is 2.48. The Morgan fingerprint density at radius 1 is 1.53 bits per heavy atom. The second-order valence-electron chi connectivity index (χ2n) is 3.70. The lowest BCUT2D eigenvalue weighted by Gasteiger charge is -2.35. The summed E-state index contributed by atoms with van der Waals surface area (Å²) < 4.78 is 5.30. The van der Waals surface area contributed by atoms with E-state index in [0.717, 1.165) is 6.42 Å². The van der Waals surface area contributed by atoms with Gasteiger partial charge in [-0.05, 0) is 6.42 Å². The van der Waals surface area contributed by atoms with Crippen LogP contribution in [0.25, 0.3) is 0 Å². The van der Waals surface area contributed by atoms with Crippen molar-refractivity contribution < 1.29 is 14.3 Å². The number of ether oxygens (including phenoxy) is 1. The summed E-state index contributed by atoms with van der Waals surface area (Å²) >= 11 is 0. The molecule has 100 valence electrons. The van der Waals surface area contributed by atoms with Crippen LogP contribution in [-0.2, 0) is 14.3 Å². The fourth-order valence-corrected chi connectivity index (χ4v) is 1.67. The maximum absolute atomic E-state index is 11.8. The van der Waals surface area contributed by atoms with Crippen molar-refractivity contribution in [1.29, 1.82) is 0 Å². The van der Waals surface area contributed by atoms with Crippen molar-refractivity contribution in [3.63, 3.8) is 0 Å². The molecule has 1 saturated heterocycles. The van der Waals surface area contributed by atoms with E-state index < -0.39 is 0 Å². The Bertz CT molecular complexity index is 263. The van der Waals surface area contributed by atoms with E-state index in [4.69, 9.17) is 10.5 Å². The van der Waals surface area contributed by atoms with Gasteiger partial charge in [-0.3, -0.25) is 9.59 Å². The second kappa shape index (κ2) is 8.27. The smallest absolute Gasteiger partial charge is 0.242 e. The van der Waals surface area contributed by atoms with E-state index in [1.165, 1.54) is 0 Å². The van der Waals surface area contributed by atoms with E-state index in [9.17, 15) is 9.59 Å². The zero-order chi connectivity index (χ0) is 12.0. The first-order chi connectivity index (χ1) is 7.69. The lowest BCUT2D eigenvalue weighted by Crippen LogP contribution is -2.51. The van der Waals surface area contributed by atoms with Gasteiger partial charge in [0.15, 0.2) is 0 Å². The van der Waals surface area contributed by atoms with Gasteiger partial charge in [-0.1, -0.05) is 6.92 Å². The minimum Gasteiger partial charge on any atom is -0.377 e. The van der Waals surface area contributed by atoms with Crippen molar-refractivity contribution in [1.82, 2.24) is 10.2 Å². The Morgan fingerprint density at radius 2 is 2.24 bits per heavy atom. The largest absolute Gasteiger partial charge is 0.377 e. The molecule has 17 heavy (non-hydrogen) atoms. The van der Waals surface area contributed by atoms with Gasteiger partial charge in [0.25, 0.3) is 0 Å². The number of carbonyl (C=O) groups excluding carboxylic acids is 2. The van der Waals surface area contributed by atoms with Gasteiger partial charge in [0.2, 0.25) is 11.8 Å². The van der Waals surface area contributed by atoms with Gasteiger partial charge in [-0.25, -0.2) is 0 Å². The topological polar surface area (TPSA) is 84.7 Å². The molecular formula is C10H20ClN3O3. The molecule has 1 fully saturated rings. The molecule has 0 bridgehead atoms. The average molecular weight is 266 g/mol. The second-order valence-corrected chi connectivity index (χ2v) is 3.70. The lowest BCUT2D eigenvalue weighted by atomic mass is 10.2. The fourth-order valence-electron chi connectivity index (χ4n) is 1.67. The van der Waals surface area contributed by atoms with Crippen LogP contribution in [0.5, 0.6) is 0 Å². The zero-order valence-electron chi connectivity index (χ0n) is 9.98. The normalized spacial score (nSPS) is 19.4. The van der Waals surface area contributed by atoms with Crippen LogP contribution in [0, 0.1) is 0 Å². The van der Waals surface area contributed by atoms with Crippen LogP contribution in [0.2, 0.25) is 0 Å². The minimum absolute atomic E-state index is 0. The van der Waals surface area contributed by atoms with Gasteiger partial charge >= 0.3 is 0 Å². The molecule has 0 aromatic carbocycles. The SMILES string of the molecule is CCC1COCCN1C(=O)CNC(=O)CN.Cl. The van der Waals surface area contributed by atoms with Gasteiger partial charge < -0.3 is 20.7 Å². The number of carbonyl (C=O) groups is 2. The third-order valence-corrected chi connectivity index (χ3v) is 2.64. The number of morpholine rings is 1. The number of halogens is 1. The molecule has 0 aromatic heterocycles. The molecule has 0 saturated carbocycles. The molecule has 1 atom stereocenters. The number of hydrogen-bond donors (Lipinski definition) is 2. The standard InChI is InChI=1S/C10H19N3O3.ClH/c1-2-8-7-16-4-3-13(8)10(15)6-12-9(14)5-11;/h8H,2-7,11H2,1H3,(H,12,14);1H. The first kappa shape index (κ1) is 16.1. The van der Waals surface area contributed by atoms with E-state index in [2.05, 4.69) is 5.32 Å². The first-order valence-corrected chi connectivity index (χ1v) is 5.53. The van der Waals surface area contributed by atoms with Crippen LogP contribution in [-0.4, -0.2) is 55.6 Å². The quantitative estimate of drug-likeness (QED) is 0.691. The van der Waals surface area contributed by atoms with Crippen LogP contribution in [0.15, 0.2) is 0 Å². The van der Waals surface area contributed by atoms with Crippen molar-refractivity contribution >= 4 is 24.2 Å². The van der Waals surface area contributed by atoms with Crippen molar-refractivity contribution in [3.8, 4) is 0 Å². The molecule has 2 amide bonds. The molecule has 1 aliphatic heterocycles. The third-order valence-electron chi connectivity index (χ3n) is 2.64. The van der Waals surface area contributed by atoms with Gasteiger partial charge in [-0.15, -0.1) is 12.4 Å². The maximum Gasteiger partial charge on any atom is 0.242 e. The van der Waals surface area contributed by atoms with Crippen LogP contribution in [0.1, 0.15) is 13.3 Å². The van der Waals surface area contributed by atoms with E-state index in [-0.39, 0.29) is 43.4 Å². The molecule has 1 aliphatic rings. The molecule has 1 rings (SSSR count). The third kappa shape index (κ3) is 4.89. The van der Waals surface area contributed by atoms with Crippen LogP contribution >= 0.6 is 12.4 Å². The number of nitrogens with two attached hydrogens (primary N) is 1. The van der Waals surface area contributed by atoms with Crippen molar-refractivity contribution in [3.05, 3.63) is 0 Å². The summed E-state index contributed by atoms with van der Waals surface area (Å²) in [6.45, 7) is 3.67. The van der Waals surface area contributed by atoms with E-state index in [0.29, 0.717) is 19.8 Å². The minimum atomic E-state index is -0.311. The summed E-state index contributed by atoms with van der Waals surface area (Å²) in [6, 6.07) is 0.121. The van der Waals surface area contributed by atoms with Crippen LogP contribution in [0.4, 0.5) is 0 Å². The highest BCUT2D eigenvalue weighted by Gasteiger charge is 2.25. The lowest BCUT2D eigenvalue weighted by molar-refractivity contribution is -0.140. The predicted octanol–water partition coefficient (Wildman–Crippen LogP) is -0.879. The van der Waals surface area contributed by atoms with Gasteiger partial charge in [0, 0.05) is 6.54 Å². The summed E-state index contributed by atoms with van der Waals surface area (Å²) in [7, 11) is 0. The van der Waals surface area contributed by atoms with E-state index in [1.807, 2.05) is 6.92 Å². The number of hydrogen-bond acceptors (Lipinski definition) is 4. The summed E-state index contributed by atoms with van der Waals surface area (Å²) in [4.78, 5) is 24.5. The molecule has 0 radical (unpaired) electrons. The molecular weight excluding hydrogens is 246 g/mol. The molecule has 1 unspecified atom stereocenters. The molecule has 0 aliphatic carbocycles. The Labute approximate surface area is 107 Å². The first-order valence-electron chi connectivity index (χ1n) is 5.53. The van der Waals surface area contributed by atoms with Gasteiger partial charge in [0.05, 0.1) is 32.3 Å². The molecule has 0 aromatic rings. The Kier molecular flexibility index (Phi) is 7.86. The summed E-state index contributed by atoms with van der Waals surface area (Å²) in [5.41, 5.74) is 5.13. The summed E-state index contributed by atoms with van der Waals surface area (Å²) in [6.07, 6.45) is 0.858. The van der Waals surface area contributed by atoms with E-state index in [1.54, 1.807) is 4.90 Å². The molecule has 0 spiro atoms. The monoisotopic (exact) mass is 265 g/mol. The zero-order valence-corrected chi connectivity index (χ0v) is 10.8. The molecule has 7 heteroatoms. The van der Waals surface area contributed by atoms with Crippen molar-refractivity contribution in [2.24, 2.45) is 5.73 Å². The maximum atomic E-state index is 11.8. The van der Waals surface area contributed by atoms with Crippen LogP contribution < -0.4 is 11.1 Å². The highest BCUT2D eigenvalue weighted by Crippen LogP contribution is 2.09. The number of nitrogens with one attached hydrogen (secondary N) is 1. The van der Waals surface area contributed by atoms with Crippen LogP contribution in [0.3, 0.4) is 0 Å². The Hall–Kier alpha value is -0.850. The molecule has 6 nitrogen and oxygen atoms in total. The Balaban J connectivity index is 0.00000256. The molecule has 1 heterocycles. The highest BCUT2D eigenvalue weighted by atomic mass is 35.5.